The number of hydrogen-bond acceptors (Lipinski definition) is 10. The molecule has 44 heavy (non-hydrogen) atoms. The van der Waals surface area contributed by atoms with Crippen LogP contribution in [0.3, 0.4) is 0 Å². The molecule has 1 fully saturated rings. The minimum Gasteiger partial charge on any atom is -0.450 e. The molecule has 1 aliphatic heterocycles. The van der Waals surface area contributed by atoms with E-state index >= 15 is 0 Å². The van der Waals surface area contributed by atoms with Crippen molar-refractivity contribution < 1.29 is 27.7 Å². The van der Waals surface area contributed by atoms with E-state index in [2.05, 4.69) is 10.1 Å². The van der Waals surface area contributed by atoms with Crippen LogP contribution in [-0.4, -0.2) is 78.5 Å². The molecule has 228 valence electrons. The van der Waals surface area contributed by atoms with Crippen LogP contribution in [0.1, 0.15) is 28.4 Å². The number of carbonyl (C=O) groups is 2. The van der Waals surface area contributed by atoms with Gasteiger partial charge in [0.25, 0.3) is 11.6 Å². The number of hydrazone groups is 1. The Kier molecular flexibility index (Phi) is 8.98. The fourth-order valence-electron chi connectivity index (χ4n) is 4.47. The van der Waals surface area contributed by atoms with Crippen molar-refractivity contribution in [3.05, 3.63) is 93.5 Å². The number of nitro benzene ring substituents is 1. The number of rotatable bonds is 8. The lowest BCUT2D eigenvalue weighted by molar-refractivity contribution is -0.384. The summed E-state index contributed by atoms with van der Waals surface area (Å²) in [6.45, 7) is 4.53. The molecule has 0 spiro atoms. The highest BCUT2D eigenvalue weighted by Crippen LogP contribution is 2.31. The highest BCUT2D eigenvalue weighted by atomic mass is 32.2. The lowest BCUT2D eigenvalue weighted by Gasteiger charge is -2.33. The first-order chi connectivity index (χ1) is 21.1. The average Bonchev–Trinajstić information content (AvgIpc) is 3.44. The maximum atomic E-state index is 13.7. The third kappa shape index (κ3) is 6.59. The third-order valence-corrected chi connectivity index (χ3v) is 9.74. The van der Waals surface area contributed by atoms with Crippen LogP contribution in [0.15, 0.2) is 76.7 Å². The van der Waals surface area contributed by atoms with Gasteiger partial charge in [0.15, 0.2) is 0 Å². The number of fused-ring (bicyclic) bond motifs is 1. The number of sulfonamides is 1. The zero-order valence-corrected chi connectivity index (χ0v) is 25.5. The Morgan fingerprint density at radius 1 is 1.07 bits per heavy atom. The van der Waals surface area contributed by atoms with Gasteiger partial charge in [0.05, 0.1) is 32.9 Å². The Morgan fingerprint density at radius 3 is 2.39 bits per heavy atom. The molecule has 1 aromatic heterocycles. The number of carbonyl (C=O) groups excluding carboxylic acids is 2. The topological polar surface area (TPSA) is 156 Å². The summed E-state index contributed by atoms with van der Waals surface area (Å²) in [6, 6.07) is 17.0. The van der Waals surface area contributed by atoms with Gasteiger partial charge in [0.1, 0.15) is 0 Å². The predicted molar refractivity (Wildman–Crippen MR) is 166 cm³/mol. The SMILES string of the molecule is CCOC(=O)N1CCN(S(=O)(=O)c2ccc(C(=O)N(/N=C/c3ccc([N+](=O)[O-])cc3)c3nc4ccc(C)cc4s3)cc2)CC1. The second-order valence-electron chi connectivity index (χ2n) is 9.79. The molecule has 0 aliphatic carbocycles. The summed E-state index contributed by atoms with van der Waals surface area (Å²) in [4.78, 5) is 42.3. The van der Waals surface area contributed by atoms with Crippen LogP contribution >= 0.6 is 11.3 Å². The van der Waals surface area contributed by atoms with Crippen LogP contribution < -0.4 is 5.01 Å². The largest absolute Gasteiger partial charge is 0.450 e. The zero-order chi connectivity index (χ0) is 31.4. The second-order valence-corrected chi connectivity index (χ2v) is 12.7. The van der Waals surface area contributed by atoms with Gasteiger partial charge in [0, 0.05) is 43.9 Å². The Balaban J connectivity index is 1.39. The van der Waals surface area contributed by atoms with Crippen LogP contribution in [0.2, 0.25) is 0 Å². The van der Waals surface area contributed by atoms with Gasteiger partial charge in [-0.1, -0.05) is 17.4 Å². The minimum absolute atomic E-state index is 0.00929. The van der Waals surface area contributed by atoms with E-state index in [0.717, 1.165) is 15.3 Å². The van der Waals surface area contributed by atoms with E-state index in [0.29, 0.717) is 16.2 Å². The monoisotopic (exact) mass is 636 g/mol. The van der Waals surface area contributed by atoms with Crippen LogP contribution in [-0.2, 0) is 14.8 Å². The molecule has 1 saturated heterocycles. The van der Waals surface area contributed by atoms with Crippen molar-refractivity contribution in [1.29, 1.82) is 0 Å². The Morgan fingerprint density at radius 2 is 1.75 bits per heavy atom. The van der Waals surface area contributed by atoms with Crippen LogP contribution in [0.4, 0.5) is 15.6 Å². The molecule has 0 N–H and O–H groups in total. The Bertz CT molecular complexity index is 1830. The number of ether oxygens (including phenoxy) is 1. The summed E-state index contributed by atoms with van der Waals surface area (Å²) < 4.78 is 33.7. The summed E-state index contributed by atoms with van der Waals surface area (Å²) in [6.07, 6.45) is 0.921. The van der Waals surface area contributed by atoms with Gasteiger partial charge >= 0.3 is 6.09 Å². The summed E-state index contributed by atoms with van der Waals surface area (Å²) in [5.74, 6) is -0.550. The van der Waals surface area contributed by atoms with Crippen LogP contribution in [0.5, 0.6) is 0 Å². The maximum Gasteiger partial charge on any atom is 0.409 e. The van der Waals surface area contributed by atoms with Gasteiger partial charge in [-0.3, -0.25) is 14.9 Å². The highest BCUT2D eigenvalue weighted by Gasteiger charge is 2.31. The molecule has 0 radical (unpaired) electrons. The fourth-order valence-corrected chi connectivity index (χ4v) is 6.91. The molecule has 3 aromatic carbocycles. The molecule has 2 heterocycles. The molecule has 0 bridgehead atoms. The number of non-ortho nitro benzene ring substituents is 1. The zero-order valence-electron chi connectivity index (χ0n) is 23.8. The molecular formula is C29H28N6O7S2. The van der Waals surface area contributed by atoms with Crippen molar-refractivity contribution in [1.82, 2.24) is 14.2 Å². The van der Waals surface area contributed by atoms with E-state index < -0.39 is 26.9 Å². The van der Waals surface area contributed by atoms with E-state index in [1.54, 1.807) is 6.92 Å². The normalized spacial score (nSPS) is 14.2. The van der Waals surface area contributed by atoms with Crippen LogP contribution in [0, 0.1) is 17.0 Å². The number of aryl methyl sites for hydroxylation is 1. The van der Waals surface area contributed by atoms with Gasteiger partial charge in [-0.25, -0.2) is 18.2 Å². The summed E-state index contributed by atoms with van der Waals surface area (Å²) >= 11 is 1.27. The minimum atomic E-state index is -3.87. The number of hydrogen-bond donors (Lipinski definition) is 0. The van der Waals surface area contributed by atoms with Gasteiger partial charge in [-0.15, -0.1) is 0 Å². The van der Waals surface area contributed by atoms with E-state index in [1.165, 1.54) is 75.3 Å². The molecule has 0 unspecified atom stereocenters. The molecule has 2 amide bonds. The number of nitro groups is 1. The average molecular weight is 637 g/mol. The van der Waals surface area contributed by atoms with Gasteiger partial charge in [0.2, 0.25) is 15.2 Å². The molecule has 0 saturated carbocycles. The van der Waals surface area contributed by atoms with Crippen molar-refractivity contribution >= 4 is 60.6 Å². The molecule has 13 nitrogen and oxygen atoms in total. The van der Waals surface area contributed by atoms with E-state index in [4.69, 9.17) is 4.74 Å². The second kappa shape index (κ2) is 12.9. The summed E-state index contributed by atoms with van der Waals surface area (Å²) in [7, 11) is -3.87. The number of nitrogens with zero attached hydrogens (tertiary/aromatic N) is 6. The Hall–Kier alpha value is -4.73. The molecule has 4 aromatic rings. The van der Waals surface area contributed by atoms with Crippen molar-refractivity contribution in [2.45, 2.75) is 18.7 Å². The molecule has 15 heteroatoms. The van der Waals surface area contributed by atoms with Crippen molar-refractivity contribution in [2.75, 3.05) is 37.8 Å². The molecule has 1 aliphatic rings. The lowest BCUT2D eigenvalue weighted by Crippen LogP contribution is -2.50. The molecular weight excluding hydrogens is 608 g/mol. The first-order valence-electron chi connectivity index (χ1n) is 13.6. The Labute approximate surface area is 257 Å². The van der Waals surface area contributed by atoms with E-state index in [9.17, 15) is 28.1 Å². The fraction of sp³-hybridized carbons (Fsp3) is 0.241. The van der Waals surface area contributed by atoms with Gasteiger partial charge < -0.3 is 9.64 Å². The van der Waals surface area contributed by atoms with Crippen molar-refractivity contribution in [3.63, 3.8) is 0 Å². The number of thiazole rings is 1. The van der Waals surface area contributed by atoms with E-state index in [-0.39, 0.29) is 48.9 Å². The van der Waals surface area contributed by atoms with Crippen LogP contribution in [0.25, 0.3) is 10.2 Å². The predicted octanol–water partition coefficient (Wildman–Crippen LogP) is 4.66. The number of amides is 2. The van der Waals surface area contributed by atoms with Crippen molar-refractivity contribution in [3.8, 4) is 0 Å². The number of piperazine rings is 1. The van der Waals surface area contributed by atoms with Gasteiger partial charge in [-0.05, 0) is 73.5 Å². The maximum absolute atomic E-state index is 13.7. The smallest absolute Gasteiger partial charge is 0.409 e. The van der Waals surface area contributed by atoms with E-state index in [1.807, 2.05) is 25.1 Å². The van der Waals surface area contributed by atoms with Crippen molar-refractivity contribution in [2.24, 2.45) is 5.10 Å². The standard InChI is InChI=1S/C29H28N6O7S2/c1-3-42-29(37)32-14-16-33(17-15-32)44(40,41)24-11-7-22(8-12-24)27(36)34(28-31-25-13-4-20(2)18-26(25)43-28)30-19-21-5-9-23(10-6-21)35(38)39/h4-13,18-19H,3,14-17H2,1-2H3/b30-19+. The third-order valence-electron chi connectivity index (χ3n) is 6.84. The molecule has 0 atom stereocenters. The molecule has 5 rings (SSSR count). The number of benzene rings is 3. The lowest BCUT2D eigenvalue weighted by atomic mass is 10.2. The first-order valence-corrected chi connectivity index (χ1v) is 15.8. The number of aromatic nitrogens is 1. The highest BCUT2D eigenvalue weighted by molar-refractivity contribution is 7.89. The number of anilines is 1. The van der Waals surface area contributed by atoms with Gasteiger partial charge in [-0.2, -0.15) is 14.4 Å². The first kappa shape index (κ1) is 30.7. The quantitative estimate of drug-likeness (QED) is 0.154. The summed E-state index contributed by atoms with van der Waals surface area (Å²) in [5.41, 5.74) is 2.33. The summed E-state index contributed by atoms with van der Waals surface area (Å²) in [5, 5.41) is 16.8.